The minimum absolute atomic E-state index is 0.123. The molecule has 2 aliphatic rings. The maximum absolute atomic E-state index is 9.88. The molecule has 0 aromatic heterocycles. The van der Waals surface area contributed by atoms with Crippen LogP contribution in [0.4, 0.5) is 0 Å². The molecule has 116 valence electrons. The number of aryl methyl sites for hydroxylation is 2. The first kappa shape index (κ1) is 14.9. The van der Waals surface area contributed by atoms with E-state index in [1.54, 1.807) is 0 Å². The Hall–Kier alpha value is -1.06. The van der Waals surface area contributed by atoms with Crippen LogP contribution < -0.4 is 10.1 Å². The van der Waals surface area contributed by atoms with Crippen LogP contribution >= 0.6 is 0 Å². The summed E-state index contributed by atoms with van der Waals surface area (Å²) < 4.78 is 6.27. The third-order valence-electron chi connectivity index (χ3n) is 4.83. The highest BCUT2D eigenvalue weighted by atomic mass is 16.5. The van der Waals surface area contributed by atoms with Gasteiger partial charge in [0.2, 0.25) is 0 Å². The van der Waals surface area contributed by atoms with E-state index in [0.29, 0.717) is 6.04 Å². The first-order chi connectivity index (χ1) is 10.1. The van der Waals surface area contributed by atoms with Gasteiger partial charge in [0.15, 0.2) is 0 Å². The standard InChI is InChI=1S/C18H27NO2/c1-13-5-6-14(2)17(10-13)21-16-4-3-9-18(11-16,12-20)19-15-7-8-15/h5-6,10,15-16,19-20H,3-4,7-9,11-12H2,1-2H3. The fraction of sp³-hybridized carbons (Fsp3) is 0.667. The number of aliphatic hydroxyl groups is 1. The van der Waals surface area contributed by atoms with Gasteiger partial charge in [0.1, 0.15) is 11.9 Å². The zero-order valence-corrected chi connectivity index (χ0v) is 13.2. The van der Waals surface area contributed by atoms with E-state index in [1.165, 1.54) is 24.0 Å². The van der Waals surface area contributed by atoms with Crippen molar-refractivity contribution in [3.63, 3.8) is 0 Å². The molecule has 21 heavy (non-hydrogen) atoms. The Kier molecular flexibility index (Phi) is 4.23. The van der Waals surface area contributed by atoms with E-state index in [4.69, 9.17) is 4.74 Å². The molecule has 2 atom stereocenters. The summed E-state index contributed by atoms with van der Waals surface area (Å²) in [5.41, 5.74) is 2.30. The van der Waals surface area contributed by atoms with Crippen molar-refractivity contribution >= 4 is 0 Å². The second-order valence-electron chi connectivity index (χ2n) is 6.96. The van der Waals surface area contributed by atoms with Gasteiger partial charge in [-0.3, -0.25) is 0 Å². The average molecular weight is 289 g/mol. The van der Waals surface area contributed by atoms with Crippen molar-refractivity contribution in [2.24, 2.45) is 0 Å². The van der Waals surface area contributed by atoms with E-state index in [-0.39, 0.29) is 18.2 Å². The third-order valence-corrected chi connectivity index (χ3v) is 4.83. The molecule has 2 unspecified atom stereocenters. The van der Waals surface area contributed by atoms with Gasteiger partial charge in [0.05, 0.1) is 6.61 Å². The second-order valence-corrected chi connectivity index (χ2v) is 6.96. The van der Waals surface area contributed by atoms with Crippen LogP contribution in [-0.4, -0.2) is 29.4 Å². The van der Waals surface area contributed by atoms with Crippen molar-refractivity contribution in [2.75, 3.05) is 6.61 Å². The second kappa shape index (κ2) is 5.98. The van der Waals surface area contributed by atoms with Gasteiger partial charge < -0.3 is 15.2 Å². The van der Waals surface area contributed by atoms with E-state index in [2.05, 4.69) is 37.4 Å². The quantitative estimate of drug-likeness (QED) is 0.875. The number of hydrogen-bond acceptors (Lipinski definition) is 3. The minimum atomic E-state index is -0.123. The van der Waals surface area contributed by atoms with Gasteiger partial charge in [-0.15, -0.1) is 0 Å². The lowest BCUT2D eigenvalue weighted by Crippen LogP contribution is -2.54. The topological polar surface area (TPSA) is 41.5 Å². The Labute approximate surface area is 127 Å². The summed E-state index contributed by atoms with van der Waals surface area (Å²) in [5.74, 6) is 1.00. The summed E-state index contributed by atoms with van der Waals surface area (Å²) in [6.07, 6.45) is 6.89. The molecule has 0 spiro atoms. The van der Waals surface area contributed by atoms with E-state index in [9.17, 15) is 5.11 Å². The minimum Gasteiger partial charge on any atom is -0.490 e. The molecule has 1 aromatic carbocycles. The van der Waals surface area contributed by atoms with Gasteiger partial charge in [0, 0.05) is 18.0 Å². The number of nitrogens with one attached hydrogen (secondary N) is 1. The van der Waals surface area contributed by atoms with E-state index >= 15 is 0 Å². The monoisotopic (exact) mass is 289 g/mol. The SMILES string of the molecule is Cc1ccc(C)c(OC2CCCC(CO)(NC3CC3)C2)c1. The van der Waals surface area contributed by atoms with Crippen molar-refractivity contribution in [1.82, 2.24) is 5.32 Å². The highest BCUT2D eigenvalue weighted by Gasteiger charge is 2.40. The fourth-order valence-corrected chi connectivity index (χ4v) is 3.40. The molecule has 0 bridgehead atoms. The van der Waals surface area contributed by atoms with Crippen LogP contribution in [0.2, 0.25) is 0 Å². The van der Waals surface area contributed by atoms with Gasteiger partial charge in [-0.05, 0) is 63.1 Å². The van der Waals surface area contributed by atoms with E-state index in [1.807, 2.05) is 0 Å². The Balaban J connectivity index is 1.68. The van der Waals surface area contributed by atoms with Gasteiger partial charge in [-0.25, -0.2) is 0 Å². The Morgan fingerprint density at radius 1 is 1.29 bits per heavy atom. The molecule has 3 nitrogen and oxygen atoms in total. The fourth-order valence-electron chi connectivity index (χ4n) is 3.40. The summed E-state index contributed by atoms with van der Waals surface area (Å²) in [4.78, 5) is 0. The lowest BCUT2D eigenvalue weighted by molar-refractivity contribution is 0.0494. The number of hydrogen-bond donors (Lipinski definition) is 2. The van der Waals surface area contributed by atoms with E-state index < -0.39 is 0 Å². The summed E-state index contributed by atoms with van der Waals surface area (Å²) in [5, 5.41) is 13.6. The maximum atomic E-state index is 9.88. The molecule has 0 aliphatic heterocycles. The van der Waals surface area contributed by atoms with Gasteiger partial charge in [-0.2, -0.15) is 0 Å². The molecular weight excluding hydrogens is 262 g/mol. The van der Waals surface area contributed by atoms with Crippen LogP contribution in [-0.2, 0) is 0 Å². The summed E-state index contributed by atoms with van der Waals surface area (Å²) >= 11 is 0. The molecule has 3 heteroatoms. The molecule has 0 saturated heterocycles. The lowest BCUT2D eigenvalue weighted by atomic mass is 9.80. The number of rotatable bonds is 5. The molecule has 3 rings (SSSR count). The molecule has 0 heterocycles. The van der Waals surface area contributed by atoms with Crippen LogP contribution in [0.1, 0.15) is 49.7 Å². The largest absolute Gasteiger partial charge is 0.490 e. The van der Waals surface area contributed by atoms with Crippen LogP contribution in [0.3, 0.4) is 0 Å². The normalized spacial score (nSPS) is 29.4. The molecular formula is C18H27NO2. The number of aliphatic hydroxyl groups excluding tert-OH is 1. The van der Waals surface area contributed by atoms with Crippen LogP contribution in [0, 0.1) is 13.8 Å². The van der Waals surface area contributed by atoms with Gasteiger partial charge in [0.25, 0.3) is 0 Å². The Morgan fingerprint density at radius 3 is 2.81 bits per heavy atom. The Morgan fingerprint density at radius 2 is 2.10 bits per heavy atom. The first-order valence-electron chi connectivity index (χ1n) is 8.23. The first-order valence-corrected chi connectivity index (χ1v) is 8.23. The molecule has 2 saturated carbocycles. The maximum Gasteiger partial charge on any atom is 0.122 e. The molecule has 0 radical (unpaired) electrons. The van der Waals surface area contributed by atoms with Crippen LogP contribution in [0.25, 0.3) is 0 Å². The zero-order chi connectivity index (χ0) is 14.9. The lowest BCUT2D eigenvalue weighted by Gasteiger charge is -2.40. The highest BCUT2D eigenvalue weighted by Crippen LogP contribution is 2.35. The zero-order valence-electron chi connectivity index (χ0n) is 13.2. The molecule has 2 N–H and O–H groups in total. The Bertz CT molecular complexity index is 498. The number of benzene rings is 1. The van der Waals surface area contributed by atoms with Crippen LogP contribution in [0.5, 0.6) is 5.75 Å². The average Bonchev–Trinajstić information content (AvgIpc) is 3.27. The van der Waals surface area contributed by atoms with Crippen molar-refractivity contribution in [2.45, 2.75) is 70.1 Å². The molecule has 2 fully saturated rings. The highest BCUT2D eigenvalue weighted by molar-refractivity contribution is 5.36. The van der Waals surface area contributed by atoms with E-state index in [0.717, 1.165) is 31.4 Å². The van der Waals surface area contributed by atoms with Crippen molar-refractivity contribution in [3.05, 3.63) is 29.3 Å². The van der Waals surface area contributed by atoms with Crippen molar-refractivity contribution in [3.8, 4) is 5.75 Å². The van der Waals surface area contributed by atoms with Crippen molar-refractivity contribution < 1.29 is 9.84 Å². The van der Waals surface area contributed by atoms with Gasteiger partial charge in [-0.1, -0.05) is 12.1 Å². The molecule has 1 aromatic rings. The third kappa shape index (κ3) is 3.58. The predicted molar refractivity (Wildman–Crippen MR) is 84.8 cm³/mol. The summed E-state index contributed by atoms with van der Waals surface area (Å²) in [6, 6.07) is 6.99. The summed E-state index contributed by atoms with van der Waals surface area (Å²) in [7, 11) is 0. The molecule has 2 aliphatic carbocycles. The molecule has 0 amide bonds. The summed E-state index contributed by atoms with van der Waals surface area (Å²) in [6.45, 7) is 4.41. The smallest absolute Gasteiger partial charge is 0.122 e. The van der Waals surface area contributed by atoms with Crippen molar-refractivity contribution in [1.29, 1.82) is 0 Å². The van der Waals surface area contributed by atoms with Crippen LogP contribution in [0.15, 0.2) is 18.2 Å². The predicted octanol–water partition coefficient (Wildman–Crippen LogP) is 3.11. The number of ether oxygens (including phenoxy) is 1. The van der Waals surface area contributed by atoms with Gasteiger partial charge >= 0.3 is 0 Å².